The zero-order chi connectivity index (χ0) is 16.1. The summed E-state index contributed by atoms with van der Waals surface area (Å²) in [7, 11) is -1.61. The molecule has 0 heterocycles. The van der Waals surface area contributed by atoms with Crippen molar-refractivity contribution in [3.8, 4) is 0 Å². The highest BCUT2D eigenvalue weighted by molar-refractivity contribution is 7.90. The number of carboxylic acids is 1. The first kappa shape index (κ1) is 17.9. The molecule has 6 nitrogen and oxygen atoms in total. The van der Waals surface area contributed by atoms with Crippen LogP contribution in [0.15, 0.2) is 0 Å². The highest BCUT2D eigenvalue weighted by atomic mass is 32.2. The molecule has 1 saturated carbocycles. The molecule has 0 atom stereocenters. The van der Waals surface area contributed by atoms with E-state index in [0.717, 1.165) is 31.9 Å². The molecule has 0 aromatic heterocycles. The van der Waals surface area contributed by atoms with Gasteiger partial charge in [-0.2, -0.15) is 0 Å². The first-order valence-electron chi connectivity index (χ1n) is 7.31. The molecule has 1 aliphatic rings. The van der Waals surface area contributed by atoms with Gasteiger partial charge in [0.25, 0.3) is 0 Å². The van der Waals surface area contributed by atoms with Crippen LogP contribution in [-0.4, -0.2) is 55.9 Å². The molecule has 7 heteroatoms. The van der Waals surface area contributed by atoms with Crippen molar-refractivity contribution >= 4 is 21.7 Å². The van der Waals surface area contributed by atoms with E-state index in [2.05, 4.69) is 0 Å². The second kappa shape index (κ2) is 7.24. The van der Waals surface area contributed by atoms with Crippen LogP contribution >= 0.6 is 0 Å². The Kier molecular flexibility index (Phi) is 6.19. The normalized spacial score (nSPS) is 18.8. The van der Waals surface area contributed by atoms with Gasteiger partial charge in [0.1, 0.15) is 9.84 Å². The summed E-state index contributed by atoms with van der Waals surface area (Å²) in [6.07, 6.45) is 5.79. The highest BCUT2D eigenvalue weighted by Gasteiger charge is 2.41. The van der Waals surface area contributed by atoms with Gasteiger partial charge in [-0.3, -0.25) is 9.59 Å². The largest absolute Gasteiger partial charge is 0.481 e. The SMILES string of the molecule is CN(CCS(C)(=O)=O)C(=O)CC1(C(=O)O)CCCCCC1. The van der Waals surface area contributed by atoms with Gasteiger partial charge >= 0.3 is 5.97 Å². The standard InChI is InChI=1S/C14H25NO5S/c1-15(9-10-21(2,19)20)12(16)11-14(13(17)18)7-5-3-4-6-8-14/h3-11H2,1-2H3,(H,17,18). The van der Waals surface area contributed by atoms with Gasteiger partial charge < -0.3 is 10.0 Å². The number of hydrogen-bond acceptors (Lipinski definition) is 4. The predicted octanol–water partition coefficient (Wildman–Crippen LogP) is 1.30. The minimum Gasteiger partial charge on any atom is -0.481 e. The molecule has 21 heavy (non-hydrogen) atoms. The summed E-state index contributed by atoms with van der Waals surface area (Å²) >= 11 is 0. The Morgan fingerprint density at radius 2 is 1.67 bits per heavy atom. The Morgan fingerprint density at radius 1 is 1.14 bits per heavy atom. The van der Waals surface area contributed by atoms with Gasteiger partial charge in [-0.05, 0) is 12.8 Å². The van der Waals surface area contributed by atoms with Gasteiger partial charge in [0.15, 0.2) is 0 Å². The molecular formula is C14H25NO5S. The summed E-state index contributed by atoms with van der Waals surface area (Å²) in [6.45, 7) is 0.105. The summed E-state index contributed by atoms with van der Waals surface area (Å²) in [5.41, 5.74) is -0.979. The maximum atomic E-state index is 12.2. The van der Waals surface area contributed by atoms with Gasteiger partial charge in [-0.1, -0.05) is 25.7 Å². The van der Waals surface area contributed by atoms with Gasteiger partial charge in [0.2, 0.25) is 5.91 Å². The van der Waals surface area contributed by atoms with Crippen LogP contribution in [0.4, 0.5) is 0 Å². The average Bonchev–Trinajstić information content (AvgIpc) is 2.61. The molecular weight excluding hydrogens is 294 g/mol. The topological polar surface area (TPSA) is 91.8 Å². The molecule has 0 spiro atoms. The third kappa shape index (κ3) is 5.65. The number of rotatable bonds is 6. The number of carbonyl (C=O) groups is 2. The van der Waals surface area contributed by atoms with Crippen LogP contribution in [0, 0.1) is 5.41 Å². The first-order chi connectivity index (χ1) is 9.66. The van der Waals surface area contributed by atoms with Crippen molar-refractivity contribution in [1.29, 1.82) is 0 Å². The molecule has 1 rings (SSSR count). The molecule has 0 radical (unpaired) electrons. The van der Waals surface area contributed by atoms with E-state index in [0.29, 0.717) is 12.8 Å². The number of amides is 1. The van der Waals surface area contributed by atoms with E-state index in [1.165, 1.54) is 11.9 Å². The van der Waals surface area contributed by atoms with Crippen molar-refractivity contribution < 1.29 is 23.1 Å². The van der Waals surface area contributed by atoms with Crippen LogP contribution in [0.2, 0.25) is 0 Å². The van der Waals surface area contributed by atoms with E-state index in [9.17, 15) is 23.1 Å². The number of hydrogen-bond donors (Lipinski definition) is 1. The zero-order valence-electron chi connectivity index (χ0n) is 12.8. The average molecular weight is 319 g/mol. The van der Waals surface area contributed by atoms with E-state index in [1.54, 1.807) is 0 Å². The second-order valence-electron chi connectivity index (χ2n) is 6.12. The second-order valence-corrected chi connectivity index (χ2v) is 8.38. The van der Waals surface area contributed by atoms with Crippen LogP contribution < -0.4 is 0 Å². The Bertz CT molecular complexity index is 478. The van der Waals surface area contributed by atoms with Gasteiger partial charge in [0, 0.05) is 26.3 Å². The van der Waals surface area contributed by atoms with Crippen molar-refractivity contribution in [2.75, 3.05) is 25.6 Å². The first-order valence-corrected chi connectivity index (χ1v) is 9.37. The third-order valence-electron chi connectivity index (χ3n) is 4.23. The van der Waals surface area contributed by atoms with E-state index in [1.807, 2.05) is 0 Å². The fraction of sp³-hybridized carbons (Fsp3) is 0.857. The van der Waals surface area contributed by atoms with Gasteiger partial charge in [-0.25, -0.2) is 8.42 Å². The summed E-state index contributed by atoms with van der Waals surface area (Å²) in [5, 5.41) is 9.54. The number of carbonyl (C=O) groups excluding carboxylic acids is 1. The molecule has 0 unspecified atom stereocenters. The maximum absolute atomic E-state index is 12.2. The highest BCUT2D eigenvalue weighted by Crippen LogP contribution is 2.38. The summed E-state index contributed by atoms with van der Waals surface area (Å²) in [4.78, 5) is 25.2. The Hall–Kier alpha value is -1.11. The monoisotopic (exact) mass is 319 g/mol. The quantitative estimate of drug-likeness (QED) is 0.745. The fourth-order valence-corrected chi connectivity index (χ4v) is 3.33. The number of carboxylic acid groups (broad SMARTS) is 1. The molecule has 0 aromatic carbocycles. The van der Waals surface area contributed by atoms with E-state index in [4.69, 9.17) is 0 Å². The number of sulfone groups is 1. The fourth-order valence-electron chi connectivity index (χ4n) is 2.72. The summed E-state index contributed by atoms with van der Waals surface area (Å²) in [5.74, 6) is -1.30. The lowest BCUT2D eigenvalue weighted by Crippen LogP contribution is -2.39. The van der Waals surface area contributed by atoms with E-state index >= 15 is 0 Å². The molecule has 0 aliphatic heterocycles. The smallest absolute Gasteiger partial charge is 0.310 e. The Morgan fingerprint density at radius 3 is 2.10 bits per heavy atom. The maximum Gasteiger partial charge on any atom is 0.310 e. The van der Waals surface area contributed by atoms with Crippen LogP contribution in [0.3, 0.4) is 0 Å². The lowest BCUT2D eigenvalue weighted by molar-refractivity contribution is -0.154. The van der Waals surface area contributed by atoms with Crippen molar-refractivity contribution in [2.45, 2.75) is 44.9 Å². The van der Waals surface area contributed by atoms with Gasteiger partial charge in [0.05, 0.1) is 11.2 Å². The molecule has 1 fully saturated rings. The Balaban J connectivity index is 2.70. The van der Waals surface area contributed by atoms with Gasteiger partial charge in [-0.15, -0.1) is 0 Å². The Labute approximate surface area is 126 Å². The lowest BCUT2D eigenvalue weighted by atomic mass is 9.77. The molecule has 1 N–H and O–H groups in total. The zero-order valence-corrected chi connectivity index (χ0v) is 13.6. The minimum atomic E-state index is -3.13. The molecule has 122 valence electrons. The molecule has 1 amide bonds. The van der Waals surface area contributed by atoms with Crippen LogP contribution in [0.1, 0.15) is 44.9 Å². The van der Waals surface area contributed by atoms with Crippen molar-refractivity contribution in [2.24, 2.45) is 5.41 Å². The van der Waals surface area contributed by atoms with Crippen LogP contribution in [0.25, 0.3) is 0 Å². The lowest BCUT2D eigenvalue weighted by Gasteiger charge is -2.29. The molecule has 0 aromatic rings. The van der Waals surface area contributed by atoms with Crippen molar-refractivity contribution in [3.63, 3.8) is 0 Å². The molecule has 0 saturated heterocycles. The number of nitrogens with zero attached hydrogens (tertiary/aromatic N) is 1. The van der Waals surface area contributed by atoms with E-state index in [-0.39, 0.29) is 24.6 Å². The molecule has 1 aliphatic carbocycles. The predicted molar refractivity (Wildman–Crippen MR) is 79.7 cm³/mol. The van der Waals surface area contributed by atoms with Crippen molar-refractivity contribution in [1.82, 2.24) is 4.90 Å². The number of aliphatic carboxylic acids is 1. The van der Waals surface area contributed by atoms with Crippen LogP contribution in [-0.2, 0) is 19.4 Å². The van der Waals surface area contributed by atoms with Crippen molar-refractivity contribution in [3.05, 3.63) is 0 Å². The summed E-state index contributed by atoms with van der Waals surface area (Å²) < 4.78 is 22.3. The minimum absolute atomic E-state index is 0.0391. The third-order valence-corrected chi connectivity index (χ3v) is 5.15. The van der Waals surface area contributed by atoms with E-state index < -0.39 is 21.2 Å². The molecule has 0 bridgehead atoms. The summed E-state index contributed by atoms with van der Waals surface area (Å²) in [6, 6.07) is 0. The van der Waals surface area contributed by atoms with Crippen LogP contribution in [0.5, 0.6) is 0 Å².